The molecule has 11 nitrogen and oxygen atoms in total. The van der Waals surface area contributed by atoms with Crippen LogP contribution < -0.4 is 14.4 Å². The van der Waals surface area contributed by atoms with E-state index in [2.05, 4.69) is 20.5 Å². The van der Waals surface area contributed by atoms with Crippen molar-refractivity contribution in [2.45, 2.75) is 25.6 Å². The van der Waals surface area contributed by atoms with Gasteiger partial charge in [0.05, 0.1) is 19.9 Å². The van der Waals surface area contributed by atoms with Gasteiger partial charge in [-0.25, -0.2) is 4.90 Å². The highest BCUT2D eigenvalue weighted by Crippen LogP contribution is 2.35. The van der Waals surface area contributed by atoms with E-state index < -0.39 is 23.9 Å². The van der Waals surface area contributed by atoms with Crippen molar-refractivity contribution in [3.05, 3.63) is 52.9 Å². The summed E-state index contributed by atoms with van der Waals surface area (Å²) < 4.78 is 15.9. The topological polar surface area (TPSA) is 123 Å². The molecule has 0 unspecified atom stereocenters. The number of rotatable bonds is 6. The molecule has 0 spiro atoms. The van der Waals surface area contributed by atoms with Crippen LogP contribution in [-0.2, 0) is 16.1 Å². The maximum atomic E-state index is 13.2. The molecule has 2 aliphatic heterocycles. The number of fused-ring (bicyclic) bond motifs is 1. The molecule has 2 amide bonds. The Labute approximate surface area is 198 Å². The Morgan fingerprint density at radius 3 is 2.59 bits per heavy atom. The summed E-state index contributed by atoms with van der Waals surface area (Å²) in [7, 11) is 3.08. The molecule has 5 rings (SSSR count). The predicted molar refractivity (Wildman–Crippen MR) is 119 cm³/mol. The fourth-order valence-electron chi connectivity index (χ4n) is 3.88. The molecule has 0 aliphatic carbocycles. The molecule has 12 heteroatoms. The zero-order chi connectivity index (χ0) is 24.0. The number of methoxy groups -OCH3 is 2. The van der Waals surface area contributed by atoms with Crippen molar-refractivity contribution in [1.29, 1.82) is 0 Å². The van der Waals surface area contributed by atoms with Gasteiger partial charge in [0.15, 0.2) is 23.6 Å². The molecule has 2 atom stereocenters. The second-order valence-electron chi connectivity index (χ2n) is 7.72. The summed E-state index contributed by atoms with van der Waals surface area (Å²) in [5.41, 5.74) is 1.89. The van der Waals surface area contributed by atoms with Gasteiger partial charge in [0.1, 0.15) is 6.54 Å². The van der Waals surface area contributed by atoms with Gasteiger partial charge in [-0.2, -0.15) is 10.1 Å². The molecule has 1 fully saturated rings. The van der Waals surface area contributed by atoms with E-state index in [1.54, 1.807) is 43.5 Å². The molecule has 0 bridgehead atoms. The molecule has 1 saturated heterocycles. The van der Waals surface area contributed by atoms with E-state index in [1.165, 1.54) is 12.1 Å². The molecular formula is C22H19ClN6O5. The van der Waals surface area contributed by atoms with Gasteiger partial charge in [0, 0.05) is 10.6 Å². The Balaban J connectivity index is 1.35. The third kappa shape index (κ3) is 3.54. The largest absolute Gasteiger partial charge is 0.493 e. The lowest BCUT2D eigenvalue weighted by atomic mass is 10.1. The molecule has 0 radical (unpaired) electrons. The molecule has 3 heterocycles. The third-order valence-electron chi connectivity index (χ3n) is 5.68. The smallest absolute Gasteiger partial charge is 0.263 e. The summed E-state index contributed by atoms with van der Waals surface area (Å²) >= 11 is 6.19. The van der Waals surface area contributed by atoms with Gasteiger partial charge in [-0.1, -0.05) is 28.0 Å². The third-order valence-corrected chi connectivity index (χ3v) is 6.09. The number of aryl methyl sites for hydroxylation is 1. The number of amides is 2. The number of halogens is 1. The van der Waals surface area contributed by atoms with Crippen LogP contribution in [0.2, 0.25) is 5.02 Å². The number of benzene rings is 2. The van der Waals surface area contributed by atoms with Crippen molar-refractivity contribution < 1.29 is 23.6 Å². The number of hydrogen-bond acceptors (Lipinski definition) is 10. The Hall–Kier alpha value is -3.99. The van der Waals surface area contributed by atoms with Crippen molar-refractivity contribution in [2.24, 2.45) is 10.3 Å². The number of aromatic nitrogens is 2. The normalized spacial score (nSPS) is 19.2. The number of anilines is 1. The zero-order valence-corrected chi connectivity index (χ0v) is 19.2. The predicted octanol–water partition coefficient (Wildman–Crippen LogP) is 3.21. The minimum atomic E-state index is -0.944. The van der Waals surface area contributed by atoms with Crippen molar-refractivity contribution in [3.63, 3.8) is 0 Å². The van der Waals surface area contributed by atoms with Crippen LogP contribution in [0.1, 0.15) is 11.5 Å². The lowest BCUT2D eigenvalue weighted by molar-refractivity contribution is -0.123. The van der Waals surface area contributed by atoms with Crippen LogP contribution in [0.15, 0.2) is 51.3 Å². The first kappa shape index (κ1) is 21.8. The van der Waals surface area contributed by atoms with Crippen LogP contribution in [-0.4, -0.2) is 53.3 Å². The summed E-state index contributed by atoms with van der Waals surface area (Å²) in [5, 5.41) is 13.9. The van der Waals surface area contributed by atoms with Gasteiger partial charge in [-0.05, 0) is 42.8 Å². The molecule has 1 aromatic heterocycles. The summed E-state index contributed by atoms with van der Waals surface area (Å²) in [5.74, 6) is 0.725. The molecule has 2 aliphatic rings. The van der Waals surface area contributed by atoms with Gasteiger partial charge in [0.2, 0.25) is 11.7 Å². The van der Waals surface area contributed by atoms with Crippen LogP contribution in [0.3, 0.4) is 0 Å². The number of carbonyl (C=O) groups is 2. The number of hydrogen-bond donors (Lipinski definition) is 0. The highest BCUT2D eigenvalue weighted by molar-refractivity contribution is 6.32. The number of ether oxygens (including phenoxy) is 2. The second-order valence-corrected chi connectivity index (χ2v) is 8.13. The lowest BCUT2D eigenvalue weighted by Gasteiger charge is -2.19. The Bertz CT molecular complexity index is 1320. The maximum Gasteiger partial charge on any atom is 0.263 e. The summed E-state index contributed by atoms with van der Waals surface area (Å²) in [6, 6.07) is 8.40. The quantitative estimate of drug-likeness (QED) is 0.491. The minimum absolute atomic E-state index is 0.00642. The first-order valence-electron chi connectivity index (χ1n) is 10.3. The van der Waals surface area contributed by atoms with E-state index in [0.29, 0.717) is 33.6 Å². The van der Waals surface area contributed by atoms with E-state index in [0.717, 1.165) is 10.5 Å². The minimum Gasteiger partial charge on any atom is -0.493 e. The molecule has 34 heavy (non-hydrogen) atoms. The summed E-state index contributed by atoms with van der Waals surface area (Å²) in [6.45, 7) is 1.84. The van der Waals surface area contributed by atoms with Crippen molar-refractivity contribution in [1.82, 2.24) is 15.1 Å². The molecular weight excluding hydrogens is 464 g/mol. The molecule has 0 N–H and O–H groups in total. The molecule has 174 valence electrons. The van der Waals surface area contributed by atoms with Gasteiger partial charge in [-0.3, -0.25) is 14.6 Å². The van der Waals surface area contributed by atoms with E-state index in [9.17, 15) is 9.59 Å². The van der Waals surface area contributed by atoms with Gasteiger partial charge in [-0.15, -0.1) is 0 Å². The first-order chi connectivity index (χ1) is 16.4. The second kappa shape index (κ2) is 8.41. The monoisotopic (exact) mass is 482 g/mol. The van der Waals surface area contributed by atoms with Crippen molar-refractivity contribution >= 4 is 29.1 Å². The Morgan fingerprint density at radius 1 is 1.06 bits per heavy atom. The number of imide groups is 1. The van der Waals surface area contributed by atoms with E-state index in [-0.39, 0.29) is 12.4 Å². The highest BCUT2D eigenvalue weighted by atomic mass is 35.5. The SMILES string of the molecule is COc1ccc(-c2noc(CN3N=N[C@H]4C(=O)N(c5ccc(C)c(Cl)c5)C(=O)[C@H]43)n2)cc1OC. The van der Waals surface area contributed by atoms with Crippen LogP contribution in [0.5, 0.6) is 11.5 Å². The average Bonchev–Trinajstić information content (AvgIpc) is 3.53. The summed E-state index contributed by atoms with van der Waals surface area (Å²) in [4.78, 5) is 31.5. The summed E-state index contributed by atoms with van der Waals surface area (Å²) in [6.07, 6.45) is 0. The first-order valence-corrected chi connectivity index (χ1v) is 10.7. The number of carbonyl (C=O) groups excluding carboxylic acids is 2. The molecule has 0 saturated carbocycles. The van der Waals surface area contributed by atoms with Crippen molar-refractivity contribution in [2.75, 3.05) is 19.1 Å². The highest BCUT2D eigenvalue weighted by Gasteiger charge is 2.55. The fourth-order valence-corrected chi connectivity index (χ4v) is 4.05. The number of nitrogens with zero attached hydrogens (tertiary/aromatic N) is 6. The van der Waals surface area contributed by atoms with Crippen LogP contribution in [0.4, 0.5) is 5.69 Å². The van der Waals surface area contributed by atoms with Gasteiger partial charge < -0.3 is 14.0 Å². The molecule has 2 aromatic carbocycles. The maximum absolute atomic E-state index is 13.2. The fraction of sp³-hybridized carbons (Fsp3) is 0.273. The lowest BCUT2D eigenvalue weighted by Crippen LogP contribution is -2.39. The van der Waals surface area contributed by atoms with Crippen LogP contribution in [0.25, 0.3) is 11.4 Å². The standard InChI is InChI=1S/C22H19ClN6O5/c1-11-4-6-13(9-14(11)23)29-21(30)18-19(22(29)31)28(27-25-18)10-17-24-20(26-34-17)12-5-7-15(32-2)16(8-12)33-3/h4-9,18-19H,10H2,1-3H3/t18-,19+/m1/s1. The van der Waals surface area contributed by atoms with E-state index in [1.807, 2.05) is 6.92 Å². The average molecular weight is 483 g/mol. The van der Waals surface area contributed by atoms with Crippen LogP contribution >= 0.6 is 11.6 Å². The Morgan fingerprint density at radius 2 is 1.85 bits per heavy atom. The van der Waals surface area contributed by atoms with E-state index in [4.69, 9.17) is 25.6 Å². The van der Waals surface area contributed by atoms with Gasteiger partial charge >= 0.3 is 0 Å². The van der Waals surface area contributed by atoms with Gasteiger partial charge in [0.25, 0.3) is 11.8 Å². The van der Waals surface area contributed by atoms with Crippen molar-refractivity contribution in [3.8, 4) is 22.9 Å². The van der Waals surface area contributed by atoms with Crippen LogP contribution in [0, 0.1) is 6.92 Å². The zero-order valence-electron chi connectivity index (χ0n) is 18.4. The Kier molecular flexibility index (Phi) is 5.40. The molecule has 3 aromatic rings. The van der Waals surface area contributed by atoms with E-state index >= 15 is 0 Å².